The largest absolute Gasteiger partial charge is 0.497 e. The summed E-state index contributed by atoms with van der Waals surface area (Å²) in [6.07, 6.45) is 2.14. The van der Waals surface area contributed by atoms with Gasteiger partial charge in [-0.1, -0.05) is 30.3 Å². The SMILES string of the molecule is [C-]#[N+]/C(C=O)=C\c1ccc(N(c2ccccc2)c2ccc(OC)cc2)cc1. The molecule has 0 aliphatic rings. The van der Waals surface area contributed by atoms with Gasteiger partial charge in [-0.25, -0.2) is 4.85 Å². The number of carbonyl (C=O) groups excluding carboxylic acids is 1. The molecule has 0 bridgehead atoms. The van der Waals surface area contributed by atoms with Gasteiger partial charge in [0.25, 0.3) is 0 Å². The lowest BCUT2D eigenvalue weighted by molar-refractivity contribution is -0.104. The second-order valence-corrected chi connectivity index (χ2v) is 5.76. The summed E-state index contributed by atoms with van der Waals surface area (Å²) in [5.74, 6) is 0.799. The Morgan fingerprint density at radius 2 is 1.44 bits per heavy atom. The fourth-order valence-electron chi connectivity index (χ4n) is 2.74. The van der Waals surface area contributed by atoms with Crippen LogP contribution < -0.4 is 9.64 Å². The minimum absolute atomic E-state index is 0.0813. The molecule has 0 spiro atoms. The third-order valence-electron chi connectivity index (χ3n) is 4.06. The molecule has 0 aromatic heterocycles. The third-order valence-corrected chi connectivity index (χ3v) is 4.06. The Morgan fingerprint density at radius 1 is 0.889 bits per heavy atom. The molecule has 4 nitrogen and oxygen atoms in total. The lowest BCUT2D eigenvalue weighted by Gasteiger charge is -2.25. The van der Waals surface area contributed by atoms with Crippen molar-refractivity contribution < 1.29 is 9.53 Å². The molecular weight excluding hydrogens is 336 g/mol. The van der Waals surface area contributed by atoms with Crippen molar-refractivity contribution in [1.29, 1.82) is 0 Å². The first-order valence-electron chi connectivity index (χ1n) is 8.39. The lowest BCUT2D eigenvalue weighted by Crippen LogP contribution is -2.09. The van der Waals surface area contributed by atoms with Gasteiger partial charge in [-0.3, -0.25) is 0 Å². The van der Waals surface area contributed by atoms with Gasteiger partial charge >= 0.3 is 0 Å². The zero-order chi connectivity index (χ0) is 19.1. The van der Waals surface area contributed by atoms with E-state index in [1.807, 2.05) is 78.9 Å². The molecule has 0 heterocycles. The van der Waals surface area contributed by atoms with Crippen LogP contribution in [0, 0.1) is 6.57 Å². The fourth-order valence-corrected chi connectivity index (χ4v) is 2.74. The first kappa shape index (κ1) is 18.0. The summed E-state index contributed by atoms with van der Waals surface area (Å²) >= 11 is 0. The fraction of sp³-hybridized carbons (Fsp3) is 0.0435. The summed E-state index contributed by atoms with van der Waals surface area (Å²) in [6.45, 7) is 6.98. The summed E-state index contributed by atoms with van der Waals surface area (Å²) in [7, 11) is 1.65. The quantitative estimate of drug-likeness (QED) is 0.327. The van der Waals surface area contributed by atoms with Crippen LogP contribution >= 0.6 is 0 Å². The molecule has 0 atom stereocenters. The molecule has 0 aliphatic carbocycles. The average Bonchev–Trinajstić information content (AvgIpc) is 2.74. The van der Waals surface area contributed by atoms with Crippen LogP contribution in [0.3, 0.4) is 0 Å². The summed E-state index contributed by atoms with van der Waals surface area (Å²) in [5, 5.41) is 0. The van der Waals surface area contributed by atoms with E-state index in [1.165, 1.54) is 0 Å². The van der Waals surface area contributed by atoms with Gasteiger partial charge in [-0.15, -0.1) is 0 Å². The highest BCUT2D eigenvalue weighted by molar-refractivity contribution is 5.84. The van der Waals surface area contributed by atoms with Gasteiger partial charge in [0.05, 0.1) is 13.7 Å². The molecule has 3 aromatic rings. The van der Waals surface area contributed by atoms with Gasteiger partial charge in [0, 0.05) is 17.1 Å². The number of para-hydroxylation sites is 1. The van der Waals surface area contributed by atoms with Crippen LogP contribution in [0.25, 0.3) is 10.9 Å². The van der Waals surface area contributed by atoms with Crippen LogP contribution in [0.15, 0.2) is 84.6 Å². The summed E-state index contributed by atoms with van der Waals surface area (Å²) in [4.78, 5) is 16.2. The van der Waals surface area contributed by atoms with Crippen molar-refractivity contribution >= 4 is 29.4 Å². The maximum Gasteiger partial charge on any atom is 0.226 e. The number of ether oxygens (including phenoxy) is 1. The lowest BCUT2D eigenvalue weighted by atomic mass is 10.1. The van der Waals surface area contributed by atoms with E-state index in [1.54, 1.807) is 13.2 Å². The Hall–Kier alpha value is -3.84. The number of anilines is 3. The molecule has 0 fully saturated rings. The molecule has 132 valence electrons. The predicted octanol–water partition coefficient (Wildman–Crippen LogP) is 5.62. The summed E-state index contributed by atoms with van der Waals surface area (Å²) in [6, 6.07) is 25.6. The van der Waals surface area contributed by atoms with E-state index in [2.05, 4.69) is 9.74 Å². The summed E-state index contributed by atoms with van der Waals surface area (Å²) < 4.78 is 5.26. The third kappa shape index (κ3) is 4.23. The van der Waals surface area contributed by atoms with Gasteiger partial charge in [-0.05, 0) is 60.2 Å². The number of aldehydes is 1. The van der Waals surface area contributed by atoms with E-state index in [4.69, 9.17) is 11.3 Å². The average molecular weight is 354 g/mol. The minimum Gasteiger partial charge on any atom is -0.497 e. The summed E-state index contributed by atoms with van der Waals surface area (Å²) in [5.41, 5.74) is 3.89. The van der Waals surface area contributed by atoms with Gasteiger partial charge in [0.2, 0.25) is 5.70 Å². The maximum absolute atomic E-state index is 10.8. The first-order valence-corrected chi connectivity index (χ1v) is 8.39. The van der Waals surface area contributed by atoms with Crippen LogP contribution in [-0.2, 0) is 4.79 Å². The second-order valence-electron chi connectivity index (χ2n) is 5.76. The number of rotatable bonds is 6. The Labute approximate surface area is 158 Å². The number of hydrogen-bond donors (Lipinski definition) is 0. The highest BCUT2D eigenvalue weighted by Gasteiger charge is 2.12. The van der Waals surface area contributed by atoms with Crippen molar-refractivity contribution in [2.45, 2.75) is 0 Å². The van der Waals surface area contributed by atoms with E-state index in [9.17, 15) is 4.79 Å². The maximum atomic E-state index is 10.8. The van der Waals surface area contributed by atoms with Gasteiger partial charge < -0.3 is 14.4 Å². The number of nitrogens with zero attached hydrogens (tertiary/aromatic N) is 2. The van der Waals surface area contributed by atoms with Crippen molar-refractivity contribution in [3.05, 3.63) is 102 Å². The van der Waals surface area contributed by atoms with E-state index in [0.717, 1.165) is 28.4 Å². The zero-order valence-electron chi connectivity index (χ0n) is 14.9. The van der Waals surface area contributed by atoms with Crippen LogP contribution in [0.1, 0.15) is 5.56 Å². The first-order chi connectivity index (χ1) is 13.2. The second kappa shape index (κ2) is 8.50. The highest BCUT2D eigenvalue weighted by Crippen LogP contribution is 2.35. The monoisotopic (exact) mass is 354 g/mol. The van der Waals surface area contributed by atoms with Crippen molar-refractivity contribution in [3.63, 3.8) is 0 Å². The molecule has 0 unspecified atom stereocenters. The Morgan fingerprint density at radius 3 is 1.96 bits per heavy atom. The van der Waals surface area contributed by atoms with Crippen molar-refractivity contribution in [3.8, 4) is 5.75 Å². The smallest absolute Gasteiger partial charge is 0.226 e. The number of hydrogen-bond acceptors (Lipinski definition) is 3. The van der Waals surface area contributed by atoms with Gasteiger partial charge in [0.1, 0.15) is 12.0 Å². The molecule has 27 heavy (non-hydrogen) atoms. The molecule has 0 saturated heterocycles. The molecule has 0 amide bonds. The molecule has 3 aromatic carbocycles. The predicted molar refractivity (Wildman–Crippen MR) is 108 cm³/mol. The minimum atomic E-state index is 0.0813. The molecule has 0 aliphatic heterocycles. The molecule has 3 rings (SSSR count). The molecular formula is C23H18N2O2. The number of allylic oxidation sites excluding steroid dienone is 1. The van der Waals surface area contributed by atoms with E-state index >= 15 is 0 Å². The molecule has 0 saturated carbocycles. The van der Waals surface area contributed by atoms with Crippen molar-refractivity contribution in [2.75, 3.05) is 12.0 Å². The van der Waals surface area contributed by atoms with Gasteiger partial charge in [0.15, 0.2) is 0 Å². The van der Waals surface area contributed by atoms with E-state index in [0.29, 0.717) is 6.29 Å². The zero-order valence-corrected chi connectivity index (χ0v) is 14.9. The van der Waals surface area contributed by atoms with Crippen LogP contribution in [-0.4, -0.2) is 13.4 Å². The van der Waals surface area contributed by atoms with Crippen LogP contribution in [0.4, 0.5) is 17.1 Å². The Kier molecular flexibility index (Phi) is 5.66. The highest BCUT2D eigenvalue weighted by atomic mass is 16.5. The number of methoxy groups -OCH3 is 1. The topological polar surface area (TPSA) is 33.9 Å². The van der Waals surface area contributed by atoms with Crippen molar-refractivity contribution in [2.24, 2.45) is 0 Å². The normalized spacial score (nSPS) is 10.7. The number of carbonyl (C=O) groups is 1. The molecule has 0 N–H and O–H groups in total. The Bertz CT molecular complexity index is 970. The Balaban J connectivity index is 2.02. The van der Waals surface area contributed by atoms with E-state index < -0.39 is 0 Å². The van der Waals surface area contributed by atoms with Gasteiger partial charge in [-0.2, -0.15) is 0 Å². The number of benzene rings is 3. The van der Waals surface area contributed by atoms with Crippen molar-refractivity contribution in [1.82, 2.24) is 0 Å². The van der Waals surface area contributed by atoms with E-state index in [-0.39, 0.29) is 5.70 Å². The molecule has 4 heteroatoms. The van der Waals surface area contributed by atoms with Crippen LogP contribution in [0.5, 0.6) is 5.75 Å². The standard InChI is InChI=1S/C23H18N2O2/c1-24-19(17-26)16-18-8-10-21(11-9-18)25(20-6-4-3-5-7-20)22-12-14-23(27-2)15-13-22/h3-17H,2H3/b19-16-. The molecule has 0 radical (unpaired) electrons. The van der Waals surface area contributed by atoms with Crippen LogP contribution in [0.2, 0.25) is 0 Å².